The van der Waals surface area contributed by atoms with Crippen molar-refractivity contribution in [2.24, 2.45) is 9.98 Å². The lowest BCUT2D eigenvalue weighted by molar-refractivity contribution is 0.0600. The number of carbonyl (C=O) groups is 1. The van der Waals surface area contributed by atoms with Crippen molar-refractivity contribution < 1.29 is 14.1 Å². The van der Waals surface area contributed by atoms with E-state index in [4.69, 9.17) is 19.2 Å². The van der Waals surface area contributed by atoms with Gasteiger partial charge in [0.15, 0.2) is 0 Å². The van der Waals surface area contributed by atoms with Crippen molar-refractivity contribution in [3.8, 4) is 22.3 Å². The minimum absolute atomic E-state index is 0.384. The van der Waals surface area contributed by atoms with E-state index in [1.807, 2.05) is 62.7 Å². The molecule has 0 fully saturated rings. The van der Waals surface area contributed by atoms with E-state index < -0.39 is 5.54 Å². The molecule has 0 aliphatic carbocycles. The molecule has 1 aliphatic heterocycles. The molecule has 0 N–H and O–H groups in total. The third-order valence-electron chi connectivity index (χ3n) is 7.68. The first-order valence-corrected chi connectivity index (χ1v) is 13.6. The highest BCUT2D eigenvalue weighted by molar-refractivity contribution is 6.06. The van der Waals surface area contributed by atoms with E-state index in [1.165, 1.54) is 7.11 Å². The van der Waals surface area contributed by atoms with Crippen LogP contribution in [0.5, 0.6) is 0 Å². The Hall–Kier alpha value is -5.11. The summed E-state index contributed by atoms with van der Waals surface area (Å²) in [6.07, 6.45) is 17.4. The second-order valence-corrected chi connectivity index (χ2v) is 10.1. The number of aromatic nitrogens is 3. The average Bonchev–Trinajstić information content (AvgIpc) is 3.41. The van der Waals surface area contributed by atoms with Gasteiger partial charge >= 0.3 is 5.97 Å². The van der Waals surface area contributed by atoms with Gasteiger partial charge < -0.3 is 13.8 Å². The Kier molecular flexibility index (Phi) is 7.97. The maximum Gasteiger partial charge on any atom is 0.337 e. The molecule has 8 heteroatoms. The van der Waals surface area contributed by atoms with E-state index in [1.54, 1.807) is 25.3 Å². The number of rotatable bonds is 8. The molecule has 1 aromatic carbocycles. The van der Waals surface area contributed by atoms with Crippen LogP contribution in [0.4, 0.5) is 0 Å². The Morgan fingerprint density at radius 1 is 1.19 bits per heavy atom. The predicted molar refractivity (Wildman–Crippen MR) is 168 cm³/mol. The van der Waals surface area contributed by atoms with Gasteiger partial charge in [-0.1, -0.05) is 48.2 Å². The Labute approximate surface area is 245 Å². The zero-order chi connectivity index (χ0) is 29.9. The standard InChI is InChI=1S/C34H33N5O3/c1-7-8-12-30(35-5)34(4,27-11-9-10-17-36-20-27)39-21-28(24-13-15-25(16-14-24)33(40)41-6)32-29(39)18-26(19-37-32)31-22(2)38-42-23(31)3/h7-19,21H,1,20H2,2-6H3/b12-8-,35-30+. The van der Waals surface area contributed by atoms with Gasteiger partial charge in [-0.3, -0.25) is 15.0 Å². The quantitative estimate of drug-likeness (QED) is 0.134. The number of aryl methyl sites for hydroxylation is 2. The van der Waals surface area contributed by atoms with Crippen LogP contribution >= 0.6 is 0 Å². The van der Waals surface area contributed by atoms with Crippen LogP contribution in [-0.4, -0.2) is 53.3 Å². The molecule has 4 heterocycles. The fraction of sp³-hybridized carbons (Fsp3) is 0.206. The topological polar surface area (TPSA) is 94.9 Å². The lowest BCUT2D eigenvalue weighted by Gasteiger charge is -2.35. The van der Waals surface area contributed by atoms with E-state index in [0.717, 1.165) is 56.0 Å². The van der Waals surface area contributed by atoms with Gasteiger partial charge in [0.25, 0.3) is 0 Å². The Morgan fingerprint density at radius 3 is 2.64 bits per heavy atom. The number of carbonyl (C=O) groups excluding carboxylic acids is 1. The highest BCUT2D eigenvalue weighted by Crippen LogP contribution is 2.40. The maximum absolute atomic E-state index is 12.1. The predicted octanol–water partition coefficient (Wildman–Crippen LogP) is 6.86. The maximum atomic E-state index is 12.1. The number of benzene rings is 1. The summed E-state index contributed by atoms with van der Waals surface area (Å²) in [6.45, 7) is 10.3. The van der Waals surface area contributed by atoms with Crippen LogP contribution in [0.15, 0.2) is 106 Å². The number of esters is 1. The number of allylic oxidation sites excluding steroid dienone is 6. The smallest absolute Gasteiger partial charge is 0.337 e. The molecular formula is C34H33N5O3. The number of methoxy groups -OCH3 is 1. The van der Waals surface area contributed by atoms with Crippen molar-refractivity contribution >= 4 is 28.9 Å². The van der Waals surface area contributed by atoms with Gasteiger partial charge in [0.1, 0.15) is 11.3 Å². The highest BCUT2D eigenvalue weighted by atomic mass is 16.5. The number of aliphatic imine (C=N–C) groups is 2. The molecule has 0 amide bonds. The Morgan fingerprint density at radius 2 is 1.98 bits per heavy atom. The van der Waals surface area contributed by atoms with Crippen molar-refractivity contribution in [3.05, 3.63) is 108 Å². The molecule has 1 unspecified atom stereocenters. The minimum atomic E-state index is -0.748. The van der Waals surface area contributed by atoms with Gasteiger partial charge in [0, 0.05) is 42.3 Å². The second kappa shape index (κ2) is 11.8. The molecule has 42 heavy (non-hydrogen) atoms. The van der Waals surface area contributed by atoms with Gasteiger partial charge in [0.2, 0.25) is 0 Å². The third-order valence-corrected chi connectivity index (χ3v) is 7.68. The number of pyridine rings is 1. The van der Waals surface area contributed by atoms with Gasteiger partial charge in [-0.25, -0.2) is 4.79 Å². The van der Waals surface area contributed by atoms with Crippen molar-refractivity contribution in [2.45, 2.75) is 26.3 Å². The van der Waals surface area contributed by atoms with Crippen molar-refractivity contribution in [2.75, 3.05) is 20.7 Å². The minimum Gasteiger partial charge on any atom is -0.465 e. The largest absolute Gasteiger partial charge is 0.465 e. The summed E-state index contributed by atoms with van der Waals surface area (Å²) in [4.78, 5) is 26.5. The zero-order valence-corrected chi connectivity index (χ0v) is 24.5. The van der Waals surface area contributed by atoms with Crippen LogP contribution in [-0.2, 0) is 10.3 Å². The molecule has 0 bridgehead atoms. The lowest BCUT2D eigenvalue weighted by Crippen LogP contribution is -2.41. The number of ether oxygens (including phenoxy) is 1. The Bertz CT molecular complexity index is 1800. The highest BCUT2D eigenvalue weighted by Gasteiger charge is 2.37. The van der Waals surface area contributed by atoms with Gasteiger partial charge in [0.05, 0.1) is 41.7 Å². The van der Waals surface area contributed by atoms with Crippen LogP contribution in [0.1, 0.15) is 28.7 Å². The summed E-state index contributed by atoms with van der Waals surface area (Å²) >= 11 is 0. The monoisotopic (exact) mass is 559 g/mol. The summed E-state index contributed by atoms with van der Waals surface area (Å²) in [7, 11) is 3.17. The fourth-order valence-electron chi connectivity index (χ4n) is 5.48. The zero-order valence-electron chi connectivity index (χ0n) is 24.5. The number of hydrogen-bond acceptors (Lipinski definition) is 7. The fourth-order valence-corrected chi connectivity index (χ4v) is 5.48. The van der Waals surface area contributed by atoms with Crippen LogP contribution in [0.25, 0.3) is 33.3 Å². The summed E-state index contributed by atoms with van der Waals surface area (Å²) in [5.74, 6) is 0.342. The summed E-state index contributed by atoms with van der Waals surface area (Å²) in [5.41, 5.74) is 7.74. The first kappa shape index (κ1) is 28.4. The van der Waals surface area contributed by atoms with Gasteiger partial charge in [-0.15, -0.1) is 0 Å². The molecular weight excluding hydrogens is 526 g/mol. The first-order valence-electron chi connectivity index (χ1n) is 13.6. The van der Waals surface area contributed by atoms with Gasteiger partial charge in [-0.2, -0.15) is 0 Å². The van der Waals surface area contributed by atoms with Crippen molar-refractivity contribution in [1.29, 1.82) is 0 Å². The second-order valence-electron chi connectivity index (χ2n) is 10.1. The average molecular weight is 560 g/mol. The first-order chi connectivity index (χ1) is 20.3. The molecule has 4 aromatic rings. The van der Waals surface area contributed by atoms with E-state index in [-0.39, 0.29) is 5.97 Å². The summed E-state index contributed by atoms with van der Waals surface area (Å²) in [5, 5.41) is 4.17. The number of hydrogen-bond donors (Lipinski definition) is 0. The molecule has 5 rings (SSSR count). The lowest BCUT2D eigenvalue weighted by atomic mass is 9.84. The molecule has 1 aliphatic rings. The number of nitrogens with zero attached hydrogens (tertiary/aromatic N) is 5. The number of fused-ring (bicyclic) bond motifs is 1. The molecule has 0 saturated carbocycles. The normalized spacial score (nSPS) is 15.1. The molecule has 1 atom stereocenters. The van der Waals surface area contributed by atoms with Crippen LogP contribution in [0.3, 0.4) is 0 Å². The Balaban J connectivity index is 1.84. The van der Waals surface area contributed by atoms with Crippen LogP contribution < -0.4 is 0 Å². The molecule has 0 saturated heterocycles. The van der Waals surface area contributed by atoms with Crippen LogP contribution in [0.2, 0.25) is 0 Å². The summed E-state index contributed by atoms with van der Waals surface area (Å²) in [6, 6.07) is 9.48. The van der Waals surface area contributed by atoms with Gasteiger partial charge in [-0.05, 0) is 62.3 Å². The third kappa shape index (κ3) is 4.96. The SMILES string of the molecule is C=C/C=C\C(=N/C)C(C)(C1=CC=CC=NC1)n1cc(-c2ccc(C(=O)OC)cc2)c2ncc(-c3c(C)noc3C)cc21. The van der Waals surface area contributed by atoms with Crippen molar-refractivity contribution in [1.82, 2.24) is 14.7 Å². The van der Waals surface area contributed by atoms with Crippen LogP contribution in [0, 0.1) is 13.8 Å². The van der Waals surface area contributed by atoms with E-state index in [0.29, 0.717) is 12.1 Å². The summed E-state index contributed by atoms with van der Waals surface area (Å²) < 4.78 is 12.6. The van der Waals surface area contributed by atoms with Crippen molar-refractivity contribution in [3.63, 3.8) is 0 Å². The van der Waals surface area contributed by atoms with E-state index in [9.17, 15) is 4.79 Å². The molecule has 212 valence electrons. The molecule has 3 aromatic heterocycles. The van der Waals surface area contributed by atoms with E-state index in [2.05, 4.69) is 46.6 Å². The molecule has 8 nitrogen and oxygen atoms in total. The molecule has 0 spiro atoms. The van der Waals surface area contributed by atoms with E-state index >= 15 is 0 Å². The molecule has 0 radical (unpaired) electrons.